The van der Waals surface area contributed by atoms with Gasteiger partial charge in [-0.05, 0) is 25.3 Å². The second-order valence-corrected chi connectivity index (χ2v) is 5.66. The van der Waals surface area contributed by atoms with E-state index < -0.39 is 6.08 Å². The number of hydrogen-bond donors (Lipinski definition) is 1. The van der Waals surface area contributed by atoms with Crippen molar-refractivity contribution in [1.82, 2.24) is 4.98 Å². The number of nitrogens with zero attached hydrogens (tertiary/aromatic N) is 1. The summed E-state index contributed by atoms with van der Waals surface area (Å²) in [5, 5.41) is 5.05. The number of carbonyl (C=O) groups is 1. The molecule has 1 aromatic carbocycles. The van der Waals surface area contributed by atoms with E-state index >= 15 is 0 Å². The van der Waals surface area contributed by atoms with Crippen molar-refractivity contribution in [2.75, 3.05) is 5.32 Å². The van der Waals surface area contributed by atoms with E-state index in [0.717, 1.165) is 5.69 Å². The molecule has 3 nitrogen and oxygen atoms in total. The predicted molar refractivity (Wildman–Crippen MR) is 84.9 cm³/mol. The first kappa shape index (κ1) is 16.3. The summed E-state index contributed by atoms with van der Waals surface area (Å²) in [6.07, 6.45) is -0.987. The van der Waals surface area contributed by atoms with Gasteiger partial charge in [0.1, 0.15) is 0 Å². The Balaban J connectivity index is 1.86. The lowest BCUT2D eigenvalue weighted by molar-refractivity contribution is -0.116. The molecule has 0 aliphatic heterocycles. The van der Waals surface area contributed by atoms with Gasteiger partial charge in [-0.3, -0.25) is 4.79 Å². The minimum Gasteiger partial charge on any atom is -0.302 e. The van der Waals surface area contributed by atoms with Crippen LogP contribution in [0.5, 0.6) is 0 Å². The standard InChI is InChI=1S/C16H16F2N2OS/c1-11-10-22-16(19-11)20-14(21)9-5-8-13(15(17)18)12-6-3-2-4-7-12/h2-4,6-7,10H,5,8-9H2,1H3,(H,19,20,21). The zero-order chi connectivity index (χ0) is 15.9. The van der Waals surface area contributed by atoms with Gasteiger partial charge in [0.25, 0.3) is 6.08 Å². The molecular weight excluding hydrogens is 306 g/mol. The molecule has 6 heteroatoms. The lowest BCUT2D eigenvalue weighted by Gasteiger charge is -2.06. The first-order chi connectivity index (χ1) is 10.6. The Morgan fingerprint density at radius 1 is 1.23 bits per heavy atom. The fourth-order valence-electron chi connectivity index (χ4n) is 2.01. The second-order valence-electron chi connectivity index (χ2n) is 4.80. The van der Waals surface area contributed by atoms with Crippen LogP contribution in [0.25, 0.3) is 5.57 Å². The molecule has 0 unspecified atom stereocenters. The number of benzene rings is 1. The lowest BCUT2D eigenvalue weighted by Crippen LogP contribution is -2.10. The van der Waals surface area contributed by atoms with Crippen molar-refractivity contribution in [2.45, 2.75) is 26.2 Å². The van der Waals surface area contributed by atoms with E-state index in [9.17, 15) is 13.6 Å². The van der Waals surface area contributed by atoms with E-state index in [4.69, 9.17) is 0 Å². The third kappa shape index (κ3) is 4.73. The number of aryl methyl sites for hydroxylation is 1. The summed E-state index contributed by atoms with van der Waals surface area (Å²) in [5.41, 5.74) is 1.34. The molecule has 2 aromatic rings. The summed E-state index contributed by atoms with van der Waals surface area (Å²) in [7, 11) is 0. The molecule has 0 radical (unpaired) electrons. The first-order valence-corrected chi connectivity index (χ1v) is 7.76. The van der Waals surface area contributed by atoms with E-state index in [0.29, 0.717) is 17.1 Å². The van der Waals surface area contributed by atoms with Crippen molar-refractivity contribution in [3.8, 4) is 0 Å². The smallest absolute Gasteiger partial charge is 0.274 e. The molecule has 1 aromatic heterocycles. The first-order valence-electron chi connectivity index (χ1n) is 6.88. The number of nitrogens with one attached hydrogen (secondary N) is 1. The van der Waals surface area contributed by atoms with Crippen molar-refractivity contribution in [2.24, 2.45) is 0 Å². The molecule has 0 aliphatic rings. The number of carbonyl (C=O) groups excluding carboxylic acids is 1. The minimum atomic E-state index is -1.69. The van der Waals surface area contributed by atoms with E-state index in [1.54, 1.807) is 30.3 Å². The number of anilines is 1. The normalized spacial score (nSPS) is 10.3. The monoisotopic (exact) mass is 322 g/mol. The molecule has 0 aliphatic carbocycles. The van der Waals surface area contributed by atoms with E-state index in [2.05, 4.69) is 10.3 Å². The van der Waals surface area contributed by atoms with Crippen LogP contribution < -0.4 is 5.32 Å². The molecule has 1 N–H and O–H groups in total. The quantitative estimate of drug-likeness (QED) is 0.824. The fourth-order valence-corrected chi connectivity index (χ4v) is 2.71. The maximum absolute atomic E-state index is 13.0. The predicted octanol–water partition coefficient (Wildman–Crippen LogP) is 4.87. The van der Waals surface area contributed by atoms with Gasteiger partial charge < -0.3 is 5.32 Å². The molecule has 0 atom stereocenters. The summed E-state index contributed by atoms with van der Waals surface area (Å²) >= 11 is 1.35. The van der Waals surface area contributed by atoms with Crippen LogP contribution in [0.15, 0.2) is 41.8 Å². The largest absolute Gasteiger partial charge is 0.302 e. The Morgan fingerprint density at radius 3 is 2.55 bits per heavy atom. The van der Waals surface area contributed by atoms with Gasteiger partial charge in [-0.1, -0.05) is 30.3 Å². The maximum Gasteiger partial charge on any atom is 0.274 e. The molecule has 0 saturated heterocycles. The van der Waals surface area contributed by atoms with Gasteiger partial charge in [0.15, 0.2) is 5.13 Å². The molecule has 116 valence electrons. The van der Waals surface area contributed by atoms with Crippen molar-refractivity contribution in [3.63, 3.8) is 0 Å². The van der Waals surface area contributed by atoms with Crippen molar-refractivity contribution >= 4 is 27.9 Å². The highest BCUT2D eigenvalue weighted by molar-refractivity contribution is 7.13. The number of amides is 1. The van der Waals surface area contributed by atoms with Gasteiger partial charge in [-0.2, -0.15) is 8.78 Å². The number of allylic oxidation sites excluding steroid dienone is 1. The number of halogens is 2. The van der Waals surface area contributed by atoms with Gasteiger partial charge in [-0.15, -0.1) is 11.3 Å². The summed E-state index contributed by atoms with van der Waals surface area (Å²) in [4.78, 5) is 15.9. The van der Waals surface area contributed by atoms with Crippen molar-refractivity contribution in [3.05, 3.63) is 53.0 Å². The number of rotatable bonds is 6. The highest BCUT2D eigenvalue weighted by atomic mass is 32.1. The summed E-state index contributed by atoms with van der Waals surface area (Å²) in [6, 6.07) is 8.51. The van der Waals surface area contributed by atoms with Crippen LogP contribution in [0, 0.1) is 6.92 Å². The van der Waals surface area contributed by atoms with Crippen LogP contribution in [-0.2, 0) is 4.79 Å². The van der Waals surface area contributed by atoms with Gasteiger partial charge in [0, 0.05) is 17.4 Å². The molecule has 0 bridgehead atoms. The summed E-state index contributed by atoms with van der Waals surface area (Å²) in [5.74, 6) is -0.207. The fraction of sp³-hybridized carbons (Fsp3) is 0.250. The highest BCUT2D eigenvalue weighted by Gasteiger charge is 2.11. The number of hydrogen-bond acceptors (Lipinski definition) is 3. The number of thiazole rings is 1. The Bertz CT molecular complexity index is 664. The maximum atomic E-state index is 13.0. The van der Waals surface area contributed by atoms with Gasteiger partial charge in [0.2, 0.25) is 5.91 Å². The summed E-state index contributed by atoms with van der Waals surface area (Å²) < 4.78 is 26.1. The van der Waals surface area contributed by atoms with E-state index in [1.807, 2.05) is 12.3 Å². The average molecular weight is 322 g/mol. The van der Waals surface area contributed by atoms with Crippen LogP contribution in [-0.4, -0.2) is 10.9 Å². The number of aromatic nitrogens is 1. The van der Waals surface area contributed by atoms with Gasteiger partial charge >= 0.3 is 0 Å². The molecular formula is C16H16F2N2OS. The summed E-state index contributed by atoms with van der Waals surface area (Å²) in [6.45, 7) is 1.84. The molecule has 0 saturated carbocycles. The third-order valence-electron chi connectivity index (χ3n) is 3.05. The van der Waals surface area contributed by atoms with Gasteiger partial charge in [0.05, 0.1) is 5.69 Å². The molecule has 2 rings (SSSR count). The van der Waals surface area contributed by atoms with Gasteiger partial charge in [-0.25, -0.2) is 4.98 Å². The van der Waals surface area contributed by atoms with E-state index in [1.165, 1.54) is 11.3 Å². The second kappa shape index (κ2) is 7.79. The molecule has 0 fully saturated rings. The van der Waals surface area contributed by atoms with Crippen LogP contribution in [0.1, 0.15) is 30.5 Å². The molecule has 22 heavy (non-hydrogen) atoms. The topological polar surface area (TPSA) is 42.0 Å². The molecule has 1 amide bonds. The SMILES string of the molecule is Cc1csc(NC(=O)CCCC(=C(F)F)c2ccccc2)n1. The van der Waals surface area contributed by atoms with Crippen LogP contribution in [0.3, 0.4) is 0 Å². The van der Waals surface area contributed by atoms with E-state index in [-0.39, 0.29) is 24.3 Å². The Labute approximate surface area is 131 Å². The third-order valence-corrected chi connectivity index (χ3v) is 3.92. The molecule has 0 spiro atoms. The Morgan fingerprint density at radius 2 is 1.95 bits per heavy atom. The zero-order valence-electron chi connectivity index (χ0n) is 12.1. The van der Waals surface area contributed by atoms with Crippen molar-refractivity contribution in [1.29, 1.82) is 0 Å². The lowest BCUT2D eigenvalue weighted by atomic mass is 10.0. The van der Waals surface area contributed by atoms with Crippen LogP contribution in [0.4, 0.5) is 13.9 Å². The Kier molecular flexibility index (Phi) is 5.77. The average Bonchev–Trinajstić information content (AvgIpc) is 2.89. The van der Waals surface area contributed by atoms with Crippen molar-refractivity contribution < 1.29 is 13.6 Å². The minimum absolute atomic E-state index is 0.00140. The van der Waals surface area contributed by atoms with Crippen LogP contribution in [0.2, 0.25) is 0 Å². The van der Waals surface area contributed by atoms with Crippen LogP contribution >= 0.6 is 11.3 Å². The molecule has 1 heterocycles. The Hall–Kier alpha value is -2.08. The highest BCUT2D eigenvalue weighted by Crippen LogP contribution is 2.26. The zero-order valence-corrected chi connectivity index (χ0v) is 12.9.